The fourth-order valence-electron chi connectivity index (χ4n) is 3.98. The fraction of sp³-hybridized carbons (Fsp3) is 0.778. The second-order valence-corrected chi connectivity index (χ2v) is 7.23. The molecule has 0 bridgehead atoms. The Morgan fingerprint density at radius 2 is 1.68 bits per heavy atom. The number of carbonyl (C=O) groups excluding carboxylic acids is 3. The van der Waals surface area contributed by atoms with Crippen LogP contribution in [0.4, 0.5) is 4.79 Å². The van der Waals surface area contributed by atoms with Gasteiger partial charge in [0.25, 0.3) is 0 Å². The van der Waals surface area contributed by atoms with Gasteiger partial charge in [-0.1, -0.05) is 25.7 Å². The van der Waals surface area contributed by atoms with Gasteiger partial charge in [0.1, 0.15) is 0 Å². The molecule has 0 unspecified atom stereocenters. The number of barbiturate groups is 1. The third-order valence-corrected chi connectivity index (χ3v) is 5.42. The molecule has 1 N–H and O–H groups in total. The van der Waals surface area contributed by atoms with Gasteiger partial charge in [0.05, 0.1) is 6.54 Å². The number of hydrogen-bond acceptors (Lipinski definition) is 5. The summed E-state index contributed by atoms with van der Waals surface area (Å²) in [7, 11) is 0. The van der Waals surface area contributed by atoms with Gasteiger partial charge in [-0.15, -0.1) is 0 Å². The summed E-state index contributed by atoms with van der Waals surface area (Å²) in [5.41, 5.74) is 0. The number of nitrogens with one attached hydrogen (secondary N) is 1. The molecule has 0 radical (unpaired) electrons. The Morgan fingerprint density at radius 3 is 2.40 bits per heavy atom. The van der Waals surface area contributed by atoms with E-state index in [1.165, 1.54) is 30.4 Å². The SMILES string of the molecule is O=C1NC(=O)N(C2CCCCC2)C(=O)[C@@H]1C=NCCN1CCCCC1. The minimum Gasteiger partial charge on any atom is -0.302 e. The van der Waals surface area contributed by atoms with E-state index in [4.69, 9.17) is 0 Å². The van der Waals surface area contributed by atoms with Gasteiger partial charge in [-0.2, -0.15) is 0 Å². The van der Waals surface area contributed by atoms with Gasteiger partial charge in [0, 0.05) is 18.8 Å². The van der Waals surface area contributed by atoms with E-state index in [1.807, 2.05) is 0 Å². The van der Waals surface area contributed by atoms with Gasteiger partial charge in [-0.3, -0.25) is 24.8 Å². The van der Waals surface area contributed by atoms with Crippen LogP contribution in [0.15, 0.2) is 4.99 Å². The number of piperidine rings is 1. The van der Waals surface area contributed by atoms with Gasteiger partial charge in [-0.25, -0.2) is 4.79 Å². The number of carbonyl (C=O) groups is 3. The van der Waals surface area contributed by atoms with Crippen molar-refractivity contribution in [1.29, 1.82) is 0 Å². The van der Waals surface area contributed by atoms with Crippen LogP contribution in [0.3, 0.4) is 0 Å². The highest BCUT2D eigenvalue weighted by Crippen LogP contribution is 2.25. The number of amides is 4. The van der Waals surface area contributed by atoms with Gasteiger partial charge in [0.2, 0.25) is 11.8 Å². The standard InChI is InChI=1S/C18H28N4O3/c23-16-15(13-19-9-12-21-10-5-2-6-11-21)17(24)22(18(25)20-16)14-7-3-1-4-8-14/h13-15H,1-12H2,(H,20,23,25)/t15-/m1/s1. The maximum atomic E-state index is 12.7. The molecule has 2 heterocycles. The topological polar surface area (TPSA) is 82.1 Å². The van der Waals surface area contributed by atoms with Crippen molar-refractivity contribution in [1.82, 2.24) is 15.1 Å². The minimum atomic E-state index is -0.971. The van der Waals surface area contributed by atoms with Gasteiger partial charge in [-0.05, 0) is 38.8 Å². The third-order valence-electron chi connectivity index (χ3n) is 5.42. The van der Waals surface area contributed by atoms with E-state index in [2.05, 4.69) is 15.2 Å². The first-order chi connectivity index (χ1) is 12.2. The summed E-state index contributed by atoms with van der Waals surface area (Å²) < 4.78 is 0. The zero-order valence-electron chi connectivity index (χ0n) is 14.8. The highest BCUT2D eigenvalue weighted by atomic mass is 16.2. The molecule has 3 aliphatic rings. The number of rotatable bonds is 5. The Kier molecular flexibility index (Phi) is 6.18. The second kappa shape index (κ2) is 8.56. The molecule has 4 amide bonds. The van der Waals surface area contributed by atoms with Crippen molar-refractivity contribution in [3.05, 3.63) is 0 Å². The second-order valence-electron chi connectivity index (χ2n) is 7.23. The molecule has 0 aromatic carbocycles. The number of urea groups is 1. The smallest absolute Gasteiger partial charge is 0.302 e. The number of hydrogen-bond donors (Lipinski definition) is 1. The molecule has 0 aromatic rings. The van der Waals surface area contributed by atoms with Crippen LogP contribution in [0.25, 0.3) is 0 Å². The summed E-state index contributed by atoms with van der Waals surface area (Å²) in [4.78, 5) is 44.8. The first kappa shape index (κ1) is 18.0. The van der Waals surface area contributed by atoms with E-state index in [1.54, 1.807) is 0 Å². The fourth-order valence-corrected chi connectivity index (χ4v) is 3.98. The quantitative estimate of drug-likeness (QED) is 0.604. The zero-order chi connectivity index (χ0) is 17.6. The number of likely N-dealkylation sites (tertiary alicyclic amines) is 1. The van der Waals surface area contributed by atoms with Crippen molar-refractivity contribution < 1.29 is 14.4 Å². The molecule has 7 heteroatoms. The zero-order valence-corrected chi connectivity index (χ0v) is 14.8. The molecule has 0 spiro atoms. The molecule has 25 heavy (non-hydrogen) atoms. The third kappa shape index (κ3) is 4.45. The van der Waals surface area contributed by atoms with Crippen LogP contribution in [0.1, 0.15) is 51.4 Å². The maximum absolute atomic E-state index is 12.7. The summed E-state index contributed by atoms with van der Waals surface area (Å²) >= 11 is 0. The average molecular weight is 348 g/mol. The van der Waals surface area contributed by atoms with Crippen molar-refractivity contribution in [2.24, 2.45) is 10.9 Å². The van der Waals surface area contributed by atoms with Crippen LogP contribution in [-0.4, -0.2) is 66.1 Å². The highest BCUT2D eigenvalue weighted by Gasteiger charge is 2.42. The highest BCUT2D eigenvalue weighted by molar-refractivity contribution is 6.23. The molecule has 138 valence electrons. The molecule has 3 fully saturated rings. The molecule has 3 rings (SSSR count). The molecule has 2 saturated heterocycles. The van der Waals surface area contributed by atoms with E-state index in [-0.39, 0.29) is 6.04 Å². The number of aliphatic imine (C=N–C) groups is 1. The number of nitrogens with zero attached hydrogens (tertiary/aromatic N) is 3. The number of imide groups is 2. The van der Waals surface area contributed by atoms with Crippen LogP contribution in [-0.2, 0) is 9.59 Å². The molecule has 1 atom stereocenters. The summed E-state index contributed by atoms with van der Waals surface area (Å²) in [6.45, 7) is 3.63. The lowest BCUT2D eigenvalue weighted by Gasteiger charge is -2.36. The lowest BCUT2D eigenvalue weighted by Crippen LogP contribution is -2.61. The van der Waals surface area contributed by atoms with Crippen LogP contribution >= 0.6 is 0 Å². The average Bonchev–Trinajstić information content (AvgIpc) is 2.62. The Hall–Kier alpha value is -1.76. The molecular weight excluding hydrogens is 320 g/mol. The van der Waals surface area contributed by atoms with E-state index in [9.17, 15) is 14.4 Å². The van der Waals surface area contributed by atoms with Crippen molar-refractivity contribution >= 4 is 24.1 Å². The molecule has 2 aliphatic heterocycles. The summed E-state index contributed by atoms with van der Waals surface area (Å²) in [5, 5.41) is 2.32. The van der Waals surface area contributed by atoms with Crippen LogP contribution in [0.5, 0.6) is 0 Å². The Labute approximate surface area is 148 Å². The first-order valence-corrected chi connectivity index (χ1v) is 9.57. The summed E-state index contributed by atoms with van der Waals surface area (Å²) in [5.74, 6) is -1.94. The molecule has 0 aromatic heterocycles. The minimum absolute atomic E-state index is 0.0846. The Bertz CT molecular complexity index is 536. The normalized spacial score (nSPS) is 27.1. The van der Waals surface area contributed by atoms with Crippen LogP contribution < -0.4 is 5.32 Å². The molecular formula is C18H28N4O3. The van der Waals surface area contributed by atoms with Gasteiger partial charge >= 0.3 is 6.03 Å². The van der Waals surface area contributed by atoms with Crippen molar-refractivity contribution in [3.63, 3.8) is 0 Å². The van der Waals surface area contributed by atoms with E-state index < -0.39 is 23.8 Å². The summed E-state index contributed by atoms with van der Waals surface area (Å²) in [6.07, 6.45) is 10.0. The van der Waals surface area contributed by atoms with Gasteiger partial charge in [0.15, 0.2) is 5.92 Å². The van der Waals surface area contributed by atoms with Gasteiger partial charge < -0.3 is 4.90 Å². The van der Waals surface area contributed by atoms with E-state index in [0.717, 1.165) is 51.7 Å². The molecule has 1 saturated carbocycles. The maximum Gasteiger partial charge on any atom is 0.331 e. The first-order valence-electron chi connectivity index (χ1n) is 9.57. The lowest BCUT2D eigenvalue weighted by molar-refractivity contribution is -0.141. The largest absolute Gasteiger partial charge is 0.331 e. The van der Waals surface area contributed by atoms with Crippen molar-refractivity contribution in [2.75, 3.05) is 26.2 Å². The lowest BCUT2D eigenvalue weighted by atomic mass is 9.92. The summed E-state index contributed by atoms with van der Waals surface area (Å²) in [6, 6.07) is -0.654. The van der Waals surface area contributed by atoms with E-state index in [0.29, 0.717) is 6.54 Å². The molecule has 1 aliphatic carbocycles. The van der Waals surface area contributed by atoms with Crippen molar-refractivity contribution in [2.45, 2.75) is 57.4 Å². The van der Waals surface area contributed by atoms with Crippen LogP contribution in [0.2, 0.25) is 0 Å². The monoisotopic (exact) mass is 348 g/mol. The van der Waals surface area contributed by atoms with Crippen molar-refractivity contribution in [3.8, 4) is 0 Å². The predicted molar refractivity (Wildman–Crippen MR) is 94.4 cm³/mol. The Balaban J connectivity index is 1.57. The molecule has 7 nitrogen and oxygen atoms in total. The predicted octanol–water partition coefficient (Wildman–Crippen LogP) is 1.57. The van der Waals surface area contributed by atoms with E-state index >= 15 is 0 Å². The van der Waals surface area contributed by atoms with Crippen LogP contribution in [0, 0.1) is 5.92 Å². The Morgan fingerprint density at radius 1 is 1.00 bits per heavy atom.